The van der Waals surface area contributed by atoms with E-state index in [0.29, 0.717) is 41.4 Å². The number of ether oxygens (including phenoxy) is 3. The van der Waals surface area contributed by atoms with Crippen LogP contribution in [0, 0.1) is 0 Å². The van der Waals surface area contributed by atoms with Gasteiger partial charge in [0.15, 0.2) is 0 Å². The smallest absolute Gasteiger partial charge is 0.335 e. The van der Waals surface area contributed by atoms with E-state index in [4.69, 9.17) is 42.4 Å². The van der Waals surface area contributed by atoms with Crippen LogP contribution in [0.4, 0.5) is 0 Å². The number of imidazole rings is 1. The predicted molar refractivity (Wildman–Crippen MR) is 155 cm³/mol. The Morgan fingerprint density at radius 1 is 1.07 bits per heavy atom. The quantitative estimate of drug-likeness (QED) is 0.243. The van der Waals surface area contributed by atoms with Gasteiger partial charge in [0.05, 0.1) is 40.8 Å². The molecular formula is C30H30Cl2N4O5. The Balaban J connectivity index is 1.06. The van der Waals surface area contributed by atoms with Crippen LogP contribution in [0.2, 0.25) is 10.0 Å². The van der Waals surface area contributed by atoms with Crippen LogP contribution in [-0.4, -0.2) is 62.4 Å². The van der Waals surface area contributed by atoms with Gasteiger partial charge in [-0.2, -0.15) is 0 Å². The molecule has 0 aliphatic carbocycles. The summed E-state index contributed by atoms with van der Waals surface area (Å²) in [5.41, 5.74) is 2.83. The second-order valence-electron chi connectivity index (χ2n) is 10.4. The molecule has 0 unspecified atom stereocenters. The average Bonchev–Trinajstić information content (AvgIpc) is 3.27. The Hall–Kier alpha value is -3.37. The fourth-order valence-corrected chi connectivity index (χ4v) is 5.64. The van der Waals surface area contributed by atoms with E-state index in [1.807, 2.05) is 12.1 Å². The second kappa shape index (κ2) is 12.2. The topological polar surface area (TPSA) is 98.9 Å². The number of rotatable bonds is 10. The van der Waals surface area contributed by atoms with Gasteiger partial charge in [0.1, 0.15) is 24.3 Å². The number of nitrogens with zero attached hydrogens (tertiary/aromatic N) is 4. The lowest BCUT2D eigenvalue weighted by Gasteiger charge is -2.32. The van der Waals surface area contributed by atoms with Gasteiger partial charge >= 0.3 is 5.97 Å². The van der Waals surface area contributed by atoms with E-state index in [2.05, 4.69) is 14.5 Å². The number of hydrogen-bond donors (Lipinski definition) is 1. The normalized spacial score (nSPS) is 17.9. The molecule has 0 amide bonds. The minimum absolute atomic E-state index is 0.0564. The average molecular weight is 597 g/mol. The molecular weight excluding hydrogens is 567 g/mol. The van der Waals surface area contributed by atoms with Crippen molar-refractivity contribution in [3.63, 3.8) is 0 Å². The van der Waals surface area contributed by atoms with E-state index in [1.54, 1.807) is 42.6 Å². The highest BCUT2D eigenvalue weighted by atomic mass is 35.5. The van der Waals surface area contributed by atoms with Gasteiger partial charge in [-0.1, -0.05) is 23.2 Å². The molecule has 2 aliphatic heterocycles. The number of piperidine rings is 1. The molecule has 214 valence electrons. The van der Waals surface area contributed by atoms with Crippen molar-refractivity contribution in [2.75, 3.05) is 19.7 Å². The molecule has 4 heterocycles. The minimum atomic E-state index is -0.943. The van der Waals surface area contributed by atoms with Crippen LogP contribution in [0.3, 0.4) is 0 Å². The lowest BCUT2D eigenvalue weighted by Crippen LogP contribution is -2.39. The first kappa shape index (κ1) is 27.8. The number of pyridine rings is 1. The Kier molecular flexibility index (Phi) is 8.30. The number of aromatic carboxylic acids is 1. The number of carboxylic acid groups (broad SMARTS) is 1. The molecule has 2 aromatic carbocycles. The van der Waals surface area contributed by atoms with Gasteiger partial charge in [-0.25, -0.2) is 14.8 Å². The molecule has 9 nitrogen and oxygen atoms in total. The third-order valence-corrected chi connectivity index (χ3v) is 8.06. The molecule has 1 N–H and O–H groups in total. The highest BCUT2D eigenvalue weighted by Gasteiger charge is 2.26. The summed E-state index contributed by atoms with van der Waals surface area (Å²) in [5, 5.41) is 10.5. The van der Waals surface area contributed by atoms with Crippen LogP contribution < -0.4 is 9.47 Å². The van der Waals surface area contributed by atoms with E-state index in [-0.39, 0.29) is 17.8 Å². The van der Waals surface area contributed by atoms with Crippen LogP contribution >= 0.6 is 23.2 Å². The van der Waals surface area contributed by atoms with Crippen molar-refractivity contribution < 1.29 is 24.1 Å². The van der Waals surface area contributed by atoms with Gasteiger partial charge < -0.3 is 23.9 Å². The maximum Gasteiger partial charge on any atom is 0.335 e. The lowest BCUT2D eigenvalue weighted by molar-refractivity contribution is -0.0592. The van der Waals surface area contributed by atoms with Gasteiger partial charge in [0.25, 0.3) is 0 Å². The Morgan fingerprint density at radius 3 is 2.63 bits per heavy atom. The second-order valence-corrected chi connectivity index (χ2v) is 11.2. The van der Waals surface area contributed by atoms with Gasteiger partial charge in [-0.05, 0) is 67.3 Å². The molecule has 2 aromatic heterocycles. The third kappa shape index (κ3) is 6.59. The summed E-state index contributed by atoms with van der Waals surface area (Å²) in [5.74, 6) is 1.12. The van der Waals surface area contributed by atoms with Crippen molar-refractivity contribution in [2.24, 2.45) is 0 Å². The SMILES string of the molecule is O=C(O)c1ccc2nc(CN3CCC(Oc4cc(COc5ccc(Cl)cc5Cl)ccn4)CC3)n(C[C@@H]3CCO3)c2c1. The number of fused-ring (bicyclic) bond motifs is 1. The molecule has 2 saturated heterocycles. The van der Waals surface area contributed by atoms with Crippen molar-refractivity contribution in [1.82, 2.24) is 19.4 Å². The summed E-state index contributed by atoms with van der Waals surface area (Å²) in [4.78, 5) is 23.2. The number of carbonyl (C=O) groups is 1. The number of hydrogen-bond acceptors (Lipinski definition) is 7. The van der Waals surface area contributed by atoms with Crippen LogP contribution in [0.1, 0.15) is 41.0 Å². The first-order chi connectivity index (χ1) is 19.9. The fraction of sp³-hybridized carbons (Fsp3) is 0.367. The van der Waals surface area contributed by atoms with Crippen molar-refractivity contribution in [2.45, 2.75) is 51.2 Å². The van der Waals surface area contributed by atoms with Crippen molar-refractivity contribution in [3.8, 4) is 11.6 Å². The summed E-state index contributed by atoms with van der Waals surface area (Å²) in [6, 6.07) is 14.0. The maximum atomic E-state index is 11.6. The Bertz CT molecular complexity index is 1550. The number of likely N-dealkylation sites (tertiary alicyclic amines) is 1. The maximum absolute atomic E-state index is 11.6. The number of aromatic nitrogens is 3. The highest BCUT2D eigenvalue weighted by molar-refractivity contribution is 6.35. The van der Waals surface area contributed by atoms with E-state index >= 15 is 0 Å². The van der Waals surface area contributed by atoms with E-state index in [9.17, 15) is 9.90 Å². The van der Waals surface area contributed by atoms with Crippen molar-refractivity contribution in [1.29, 1.82) is 0 Å². The van der Waals surface area contributed by atoms with Gasteiger partial charge in [-0.3, -0.25) is 4.90 Å². The molecule has 6 rings (SSSR count). The van der Waals surface area contributed by atoms with Crippen LogP contribution in [0.25, 0.3) is 11.0 Å². The summed E-state index contributed by atoms with van der Waals surface area (Å²) in [7, 11) is 0. The zero-order valence-corrected chi connectivity index (χ0v) is 23.9. The first-order valence-electron chi connectivity index (χ1n) is 13.7. The number of carboxylic acids is 1. The number of halogens is 2. The van der Waals surface area contributed by atoms with Crippen molar-refractivity contribution >= 4 is 40.2 Å². The summed E-state index contributed by atoms with van der Waals surface area (Å²) >= 11 is 12.2. The summed E-state index contributed by atoms with van der Waals surface area (Å²) in [6.45, 7) is 4.15. The molecule has 0 radical (unpaired) electrons. The van der Waals surface area contributed by atoms with Gasteiger partial charge in [-0.15, -0.1) is 0 Å². The molecule has 0 bridgehead atoms. The van der Waals surface area contributed by atoms with Crippen LogP contribution in [0.15, 0.2) is 54.7 Å². The summed E-state index contributed by atoms with van der Waals surface area (Å²) < 4.78 is 19.9. The monoisotopic (exact) mass is 596 g/mol. The number of benzene rings is 2. The van der Waals surface area contributed by atoms with E-state index in [0.717, 1.165) is 61.4 Å². The van der Waals surface area contributed by atoms with Gasteiger partial charge in [0, 0.05) is 37.0 Å². The van der Waals surface area contributed by atoms with E-state index in [1.165, 1.54) is 0 Å². The molecule has 2 aliphatic rings. The molecule has 2 fully saturated rings. The third-order valence-electron chi connectivity index (χ3n) is 7.53. The van der Waals surface area contributed by atoms with Crippen molar-refractivity contribution in [3.05, 3.63) is 81.7 Å². The van der Waals surface area contributed by atoms with E-state index < -0.39 is 5.97 Å². The molecule has 0 spiro atoms. The largest absolute Gasteiger partial charge is 0.487 e. The Labute approximate surface area is 247 Å². The molecule has 0 saturated carbocycles. The summed E-state index contributed by atoms with van der Waals surface area (Å²) in [6.07, 6.45) is 4.63. The molecule has 11 heteroatoms. The lowest BCUT2D eigenvalue weighted by atomic mass is 10.1. The molecule has 1 atom stereocenters. The highest BCUT2D eigenvalue weighted by Crippen LogP contribution is 2.29. The minimum Gasteiger partial charge on any atom is -0.487 e. The molecule has 4 aromatic rings. The zero-order chi connectivity index (χ0) is 28.3. The Morgan fingerprint density at radius 2 is 1.90 bits per heavy atom. The van der Waals surface area contributed by atoms with Crippen LogP contribution in [-0.2, 0) is 24.4 Å². The zero-order valence-electron chi connectivity index (χ0n) is 22.3. The first-order valence-corrected chi connectivity index (χ1v) is 14.4. The van der Waals surface area contributed by atoms with Gasteiger partial charge in [0.2, 0.25) is 5.88 Å². The van der Waals surface area contributed by atoms with Crippen LogP contribution in [0.5, 0.6) is 11.6 Å². The predicted octanol–water partition coefficient (Wildman–Crippen LogP) is 5.85. The standard InChI is InChI=1S/C30H30Cl2N4O5/c31-21-2-4-27(24(32)15-21)40-18-19-5-9-33-29(13-19)41-22-6-10-35(11-7-22)17-28-34-25-3-1-20(30(37)38)14-26(25)36(28)16-23-8-12-39-23/h1-5,9,13-15,22-23H,6-8,10-12,16-18H2,(H,37,38)/t23-/m0/s1. The fourth-order valence-electron chi connectivity index (χ4n) is 5.18. The molecule has 41 heavy (non-hydrogen) atoms.